The van der Waals surface area contributed by atoms with E-state index in [1.54, 1.807) is 6.26 Å². The average Bonchev–Trinajstić information content (AvgIpc) is 3.59. The second kappa shape index (κ2) is 9.04. The number of hydrogen-bond donors (Lipinski definition) is 0. The van der Waals surface area contributed by atoms with Crippen LogP contribution in [0.25, 0.3) is 17.1 Å². The van der Waals surface area contributed by atoms with Crippen molar-refractivity contribution in [1.29, 1.82) is 0 Å². The topological polar surface area (TPSA) is 64.2 Å². The van der Waals surface area contributed by atoms with Crippen LogP contribution in [-0.2, 0) is 4.79 Å². The minimum Gasteiger partial charge on any atom is -0.469 e. The number of benzene rings is 2. The highest BCUT2D eigenvalue weighted by atomic mass is 32.2. The highest BCUT2D eigenvalue weighted by Crippen LogP contribution is 2.39. The van der Waals surface area contributed by atoms with Gasteiger partial charge >= 0.3 is 0 Å². The molecular formula is C25H24N4O2S. The first-order chi connectivity index (χ1) is 15.7. The standard InChI is InChI=1S/C25H24N4O2S/c1-18-21(14-17-31-18)23-26-27-25(29(23)20-12-6-3-7-13-20)32-22(19-10-4-2-5-11-19)24(30)28-15-8-9-16-28/h2-7,10-14,17,22H,8-9,15-16H2,1H3/t22-/m0/s1. The van der Waals surface area contributed by atoms with Crippen molar-refractivity contribution in [2.45, 2.75) is 30.2 Å². The van der Waals surface area contributed by atoms with E-state index in [1.165, 1.54) is 11.8 Å². The lowest BCUT2D eigenvalue weighted by Gasteiger charge is -2.23. The Morgan fingerprint density at radius 2 is 1.66 bits per heavy atom. The number of aromatic nitrogens is 3. The molecule has 2 aromatic carbocycles. The zero-order valence-corrected chi connectivity index (χ0v) is 18.7. The van der Waals surface area contributed by atoms with Gasteiger partial charge in [0.2, 0.25) is 5.91 Å². The van der Waals surface area contributed by atoms with Gasteiger partial charge in [-0.15, -0.1) is 10.2 Å². The lowest BCUT2D eigenvalue weighted by atomic mass is 10.1. The van der Waals surface area contributed by atoms with Crippen molar-refractivity contribution < 1.29 is 9.21 Å². The Kier molecular flexibility index (Phi) is 5.81. The molecule has 0 radical (unpaired) electrons. The molecule has 1 fully saturated rings. The summed E-state index contributed by atoms with van der Waals surface area (Å²) in [4.78, 5) is 15.5. The quantitative estimate of drug-likeness (QED) is 0.378. The summed E-state index contributed by atoms with van der Waals surface area (Å²) in [6, 6.07) is 21.8. The molecule has 0 bridgehead atoms. The van der Waals surface area contributed by atoms with E-state index in [-0.39, 0.29) is 11.2 Å². The van der Waals surface area contributed by atoms with Crippen LogP contribution in [0.3, 0.4) is 0 Å². The van der Waals surface area contributed by atoms with E-state index in [2.05, 4.69) is 10.2 Å². The van der Waals surface area contributed by atoms with E-state index >= 15 is 0 Å². The largest absolute Gasteiger partial charge is 0.469 e. The van der Waals surface area contributed by atoms with Gasteiger partial charge in [0.1, 0.15) is 11.0 Å². The number of rotatable bonds is 6. The molecule has 1 atom stereocenters. The van der Waals surface area contributed by atoms with E-state index in [0.29, 0.717) is 11.0 Å². The molecule has 0 saturated carbocycles. The summed E-state index contributed by atoms with van der Waals surface area (Å²) in [5, 5.41) is 9.32. The second-order valence-electron chi connectivity index (χ2n) is 7.81. The summed E-state index contributed by atoms with van der Waals surface area (Å²) in [6.45, 7) is 3.54. The molecule has 7 heteroatoms. The molecule has 32 heavy (non-hydrogen) atoms. The van der Waals surface area contributed by atoms with Gasteiger partial charge in [0.25, 0.3) is 0 Å². The van der Waals surface area contributed by atoms with E-state index in [1.807, 2.05) is 83.1 Å². The Labute approximate surface area is 191 Å². The third kappa shape index (κ3) is 3.96. The van der Waals surface area contributed by atoms with Crippen molar-refractivity contribution in [1.82, 2.24) is 19.7 Å². The highest BCUT2D eigenvalue weighted by Gasteiger charge is 2.31. The molecule has 1 amide bonds. The number of furan rings is 1. The van der Waals surface area contributed by atoms with Gasteiger partial charge in [0.05, 0.1) is 11.8 Å². The summed E-state index contributed by atoms with van der Waals surface area (Å²) < 4.78 is 7.54. The molecule has 5 rings (SSSR count). The van der Waals surface area contributed by atoms with Crippen molar-refractivity contribution in [3.05, 3.63) is 84.3 Å². The van der Waals surface area contributed by atoms with Crippen LogP contribution in [0.15, 0.2) is 82.6 Å². The third-order valence-corrected chi connectivity index (χ3v) is 6.90. The molecular weight excluding hydrogens is 420 g/mol. The molecule has 0 spiro atoms. The second-order valence-corrected chi connectivity index (χ2v) is 8.88. The number of carbonyl (C=O) groups is 1. The maximum Gasteiger partial charge on any atom is 0.240 e. The van der Waals surface area contributed by atoms with Crippen LogP contribution in [0.5, 0.6) is 0 Å². The van der Waals surface area contributed by atoms with Crippen LogP contribution >= 0.6 is 11.8 Å². The van der Waals surface area contributed by atoms with E-state index in [9.17, 15) is 4.79 Å². The lowest BCUT2D eigenvalue weighted by molar-refractivity contribution is -0.129. The third-order valence-electron chi connectivity index (χ3n) is 5.72. The molecule has 0 unspecified atom stereocenters. The maximum absolute atomic E-state index is 13.5. The number of amides is 1. The number of carbonyl (C=O) groups excluding carboxylic acids is 1. The Balaban J connectivity index is 1.59. The fraction of sp³-hybridized carbons (Fsp3) is 0.240. The van der Waals surface area contributed by atoms with Crippen molar-refractivity contribution in [3.63, 3.8) is 0 Å². The minimum absolute atomic E-state index is 0.127. The average molecular weight is 445 g/mol. The summed E-state index contributed by atoms with van der Waals surface area (Å²) in [5.41, 5.74) is 2.80. The van der Waals surface area contributed by atoms with Crippen LogP contribution in [0, 0.1) is 6.92 Å². The fourth-order valence-electron chi connectivity index (χ4n) is 4.05. The Morgan fingerprint density at radius 1 is 0.969 bits per heavy atom. The van der Waals surface area contributed by atoms with Crippen LogP contribution < -0.4 is 0 Å². The molecule has 3 heterocycles. The number of thioether (sulfide) groups is 1. The number of hydrogen-bond acceptors (Lipinski definition) is 5. The van der Waals surface area contributed by atoms with Crippen molar-refractivity contribution in [2.75, 3.05) is 13.1 Å². The Hall–Kier alpha value is -3.32. The SMILES string of the molecule is Cc1occc1-c1nnc(S[C@H](C(=O)N2CCCC2)c2ccccc2)n1-c1ccccc1. The van der Waals surface area contributed by atoms with Crippen molar-refractivity contribution in [2.24, 2.45) is 0 Å². The minimum atomic E-state index is -0.390. The molecule has 1 aliphatic heterocycles. The Bertz CT molecular complexity index is 1200. The molecule has 1 aliphatic rings. The fourth-order valence-corrected chi connectivity index (χ4v) is 5.18. The van der Waals surface area contributed by atoms with Gasteiger partial charge in [-0.05, 0) is 43.5 Å². The summed E-state index contributed by atoms with van der Waals surface area (Å²) in [5.74, 6) is 1.60. The summed E-state index contributed by atoms with van der Waals surface area (Å²) >= 11 is 1.45. The molecule has 1 saturated heterocycles. The van der Waals surface area contributed by atoms with E-state index in [4.69, 9.17) is 4.42 Å². The zero-order valence-electron chi connectivity index (χ0n) is 17.8. The predicted octanol–water partition coefficient (Wildman–Crippen LogP) is 5.29. The van der Waals surface area contributed by atoms with Crippen LogP contribution in [-0.4, -0.2) is 38.7 Å². The van der Waals surface area contributed by atoms with Crippen LogP contribution in [0.2, 0.25) is 0 Å². The lowest BCUT2D eigenvalue weighted by Crippen LogP contribution is -2.31. The monoisotopic (exact) mass is 444 g/mol. The maximum atomic E-state index is 13.5. The first-order valence-electron chi connectivity index (χ1n) is 10.8. The number of likely N-dealkylation sites (tertiary alicyclic amines) is 1. The van der Waals surface area contributed by atoms with Gasteiger partial charge in [-0.1, -0.05) is 60.3 Å². The molecule has 4 aromatic rings. The normalized spacial score (nSPS) is 14.6. The zero-order chi connectivity index (χ0) is 21.9. The van der Waals surface area contributed by atoms with Gasteiger partial charge in [-0.2, -0.15) is 0 Å². The van der Waals surface area contributed by atoms with E-state index < -0.39 is 0 Å². The number of para-hydroxylation sites is 1. The highest BCUT2D eigenvalue weighted by molar-refractivity contribution is 8.00. The molecule has 0 aliphatic carbocycles. The van der Waals surface area contributed by atoms with Gasteiger partial charge < -0.3 is 9.32 Å². The van der Waals surface area contributed by atoms with Crippen molar-refractivity contribution >= 4 is 17.7 Å². The van der Waals surface area contributed by atoms with Gasteiger partial charge in [0, 0.05) is 18.8 Å². The van der Waals surface area contributed by atoms with Gasteiger partial charge in [0.15, 0.2) is 11.0 Å². The van der Waals surface area contributed by atoms with Crippen LogP contribution in [0.1, 0.15) is 29.4 Å². The predicted molar refractivity (Wildman–Crippen MR) is 125 cm³/mol. The summed E-state index contributed by atoms with van der Waals surface area (Å²) in [7, 11) is 0. The Morgan fingerprint density at radius 3 is 2.31 bits per heavy atom. The van der Waals surface area contributed by atoms with Crippen LogP contribution in [0.4, 0.5) is 0 Å². The van der Waals surface area contributed by atoms with Gasteiger partial charge in [-0.25, -0.2) is 0 Å². The first kappa shape index (κ1) is 20.6. The number of aryl methyl sites for hydroxylation is 1. The first-order valence-corrected chi connectivity index (χ1v) is 11.7. The molecule has 162 valence electrons. The molecule has 6 nitrogen and oxygen atoms in total. The summed E-state index contributed by atoms with van der Waals surface area (Å²) in [6.07, 6.45) is 3.77. The smallest absolute Gasteiger partial charge is 0.240 e. The van der Waals surface area contributed by atoms with Gasteiger partial charge in [-0.3, -0.25) is 9.36 Å². The van der Waals surface area contributed by atoms with E-state index in [0.717, 1.165) is 48.5 Å². The number of nitrogens with zero attached hydrogens (tertiary/aromatic N) is 4. The molecule has 0 N–H and O–H groups in total. The molecule has 2 aromatic heterocycles. The van der Waals surface area contributed by atoms with Crippen molar-refractivity contribution in [3.8, 4) is 17.1 Å².